The molecule has 742 valence electrons. The number of likely N-dealkylation sites (N-methyl/N-ethyl adjacent to an activating group) is 2. The Kier molecular flexibility index (Phi) is 43.8. The van der Waals surface area contributed by atoms with E-state index >= 15 is 0 Å². The lowest BCUT2D eigenvalue weighted by Gasteiger charge is -2.41. The van der Waals surface area contributed by atoms with Crippen molar-refractivity contribution < 1.29 is 110 Å². The van der Waals surface area contributed by atoms with Crippen LogP contribution in [-0.4, -0.2) is 288 Å². The fourth-order valence-electron chi connectivity index (χ4n) is 17.3. The number of hydrogen-bond acceptors (Lipinski definition) is 26. The van der Waals surface area contributed by atoms with Gasteiger partial charge in [0.25, 0.3) is 23.6 Å². The summed E-state index contributed by atoms with van der Waals surface area (Å²) < 4.78 is 51.6. The number of carbonyl (C=O) groups is 13. The quantitative estimate of drug-likeness (QED) is 0.0178. The summed E-state index contributed by atoms with van der Waals surface area (Å²) in [5, 5.41) is 19.2. The van der Waals surface area contributed by atoms with Crippen molar-refractivity contribution in [3.63, 3.8) is 0 Å². The molecular weight excluding hydrogens is 1790 g/mol. The molecule has 1 aromatic heterocycles. The van der Waals surface area contributed by atoms with Crippen LogP contribution in [0.15, 0.2) is 141 Å². The number of anilines is 2. The maximum atomic E-state index is 15.0. The molecule has 3 saturated heterocycles. The molecule has 5 aromatic rings. The molecule has 12 atom stereocenters. The van der Waals surface area contributed by atoms with E-state index in [4.69, 9.17) is 48.4 Å². The average Bonchev–Trinajstić information content (AvgIpc) is 1.62. The summed E-state index contributed by atoms with van der Waals surface area (Å²) in [6.07, 6.45) is 0.360. The van der Waals surface area contributed by atoms with Crippen molar-refractivity contribution in [1.29, 1.82) is 0 Å². The first-order chi connectivity index (χ1) is 65.1. The van der Waals surface area contributed by atoms with Crippen molar-refractivity contribution in [3.8, 4) is 5.75 Å². The number of nitrogens with zero attached hydrogens (tertiary/aromatic N) is 7. The lowest BCUT2D eigenvalue weighted by molar-refractivity contribution is -0.149. The van der Waals surface area contributed by atoms with Gasteiger partial charge in [-0.2, -0.15) is 0 Å². The first-order valence-electron chi connectivity index (χ1n) is 46.9. The number of aliphatic hydroxyl groups is 1. The number of benzene rings is 4. The second-order valence-corrected chi connectivity index (χ2v) is 38.1. The molecule has 9 rings (SSSR count). The highest BCUT2D eigenvalue weighted by molar-refractivity contribution is 8.08. The topological polar surface area (TPSA) is 420 Å². The van der Waals surface area contributed by atoms with Crippen LogP contribution in [0.2, 0.25) is 0 Å². The first kappa shape index (κ1) is 109. The second kappa shape index (κ2) is 54.6. The number of imide groups is 1. The predicted molar refractivity (Wildman–Crippen MR) is 512 cm³/mol. The number of primary amides is 1. The summed E-state index contributed by atoms with van der Waals surface area (Å²) in [4.78, 5) is 195. The Morgan fingerprint density at radius 1 is 0.618 bits per heavy atom. The number of rotatable bonds is 54. The predicted octanol–water partition coefficient (Wildman–Crippen LogP) is 11.0. The number of urea groups is 1. The molecule has 36 heteroatoms. The summed E-state index contributed by atoms with van der Waals surface area (Å²) in [5.41, 5.74) is 7.90. The fourth-order valence-corrected chi connectivity index (χ4v) is 19.3. The minimum absolute atomic E-state index is 0.0323. The van der Waals surface area contributed by atoms with E-state index in [9.17, 15) is 67.4 Å². The number of nitrogens with one attached hydrogen (secondary N) is 3. The highest BCUT2D eigenvalue weighted by Crippen LogP contribution is 2.45. The van der Waals surface area contributed by atoms with Crippen molar-refractivity contribution in [1.82, 2.24) is 40.1 Å². The van der Waals surface area contributed by atoms with E-state index in [-0.39, 0.29) is 160 Å². The Morgan fingerprint density at radius 2 is 1.19 bits per heavy atom. The summed E-state index contributed by atoms with van der Waals surface area (Å²) >= 11 is 2.19. The van der Waals surface area contributed by atoms with Crippen LogP contribution in [0, 0.1) is 47.3 Å². The number of Topliss-reactive ketones (excluding diaryl/α,β-unsaturated/α-hetero) is 3. The van der Waals surface area contributed by atoms with Gasteiger partial charge in [-0.25, -0.2) is 19.5 Å². The van der Waals surface area contributed by atoms with Gasteiger partial charge >= 0.3 is 12.1 Å². The minimum Gasteiger partial charge on any atom is -0.490 e. The zero-order chi connectivity index (χ0) is 98.8. The van der Waals surface area contributed by atoms with Crippen molar-refractivity contribution in [2.24, 2.45) is 53.1 Å². The number of carbonyl (C=O) groups excluding carboxylic acids is 13. The number of ketones is 3. The molecule has 4 aliphatic heterocycles. The third-order valence-electron chi connectivity index (χ3n) is 25.2. The third kappa shape index (κ3) is 31.2. The van der Waals surface area contributed by atoms with Gasteiger partial charge in [0.05, 0.1) is 124 Å². The SMILES string of the molecule is CCC(C)[C@@H]([C@@H](CC(=O)N1CCC[C@H]1[C@H](OC)[C@@H](C)C(=O)C[C@H](C)[C@@H](O)c1ccccc1)OC)N(C)C(=O)[C@@H](CC(=O)[C@H](C(C)C)N(C)C(=O)OCc1ccc(NC(=O)[C@H](CCCNC(N)=O)CC(=O)[C@@H](NC(=O)COCCOCCOCCOc2ccc(N3C(=O)C(Sc4ccc(C(=O)N5CCOCC5)cc4)=C(Sc4ccc(C(=O)N5CCOCC5)cc4)C3=O)nc2)C(C)C)cc1)C(C)C. The Morgan fingerprint density at radius 3 is 1.71 bits per heavy atom. The van der Waals surface area contributed by atoms with Crippen LogP contribution in [0.25, 0.3) is 0 Å². The van der Waals surface area contributed by atoms with E-state index in [0.29, 0.717) is 116 Å². The number of hydrogen-bond donors (Lipinski definition) is 5. The van der Waals surface area contributed by atoms with Gasteiger partial charge in [-0.3, -0.25) is 52.7 Å². The van der Waals surface area contributed by atoms with Gasteiger partial charge in [0.1, 0.15) is 37.2 Å². The van der Waals surface area contributed by atoms with E-state index in [1.54, 1.807) is 140 Å². The fraction of sp³-hybridized carbons (Fsp3) is 0.560. The number of aliphatic hydroxyl groups excluding tert-OH is 1. The van der Waals surface area contributed by atoms with Crippen LogP contribution in [-0.2, 0) is 87.7 Å². The number of morpholine rings is 2. The number of aromatic nitrogens is 1. The first-order valence-corrected chi connectivity index (χ1v) is 48.6. The Balaban J connectivity index is 0.691. The van der Waals surface area contributed by atoms with E-state index < -0.39 is 120 Å². The molecule has 4 aliphatic rings. The van der Waals surface area contributed by atoms with E-state index in [2.05, 4.69) is 20.9 Å². The molecule has 5 heterocycles. The molecule has 0 spiro atoms. The highest BCUT2D eigenvalue weighted by atomic mass is 32.2. The van der Waals surface area contributed by atoms with Crippen LogP contribution < -0.4 is 31.3 Å². The number of ether oxygens (including phenoxy) is 9. The Bertz CT molecular complexity index is 4730. The molecule has 4 aromatic carbocycles. The maximum absolute atomic E-state index is 15.0. The molecular formula is C100H137N11O23S2. The largest absolute Gasteiger partial charge is 0.490 e. The molecule has 0 aliphatic carbocycles. The van der Waals surface area contributed by atoms with Crippen LogP contribution in [0.3, 0.4) is 0 Å². The van der Waals surface area contributed by atoms with Gasteiger partial charge in [-0.15, -0.1) is 0 Å². The van der Waals surface area contributed by atoms with Crippen LogP contribution >= 0.6 is 23.5 Å². The Hall–Kier alpha value is -10.5. The van der Waals surface area contributed by atoms with Crippen molar-refractivity contribution in [2.75, 3.05) is 150 Å². The zero-order valence-electron chi connectivity index (χ0n) is 80.8. The van der Waals surface area contributed by atoms with E-state index in [0.717, 1.165) is 34.0 Å². The average molecular weight is 1930 g/mol. The standard InChI is InChI=1S/C100H137N11O23S2/c1-15-65(8)88(82(126-13)58-85(116)110-40-20-24-78(110)90(127-14)67(10)79(112)55-66(9)89(117)69-21-17-16-18-22-69)106(11)96(121)77(62(2)3)57-81(114)87(64(6)7)107(12)100(125)134-60-68-25-31-73(32-26-68)104-93(118)72(23-19-39-102-99(101)124)56-80(113)86(63(4)5)105-84(115)61-132-52-51-130-49-50-131-53-54-133-74-33-38-83(103-59-74)111-97(122)91(135-75-34-27-70(28-35-75)94(119)108-41-45-128-46-42-108)92(98(111)123)136-76-36-29-71(30-37-76)95(120)109-43-47-129-48-44-109/h16-18,21-22,25-38,59,62-67,72,77-78,82,86-90,117H,15,19-20,23-24,39-58,60-61H2,1-14H3,(H,104,118)(H,105,115)(H3,101,102,124)/t65?,66-,67-,72+,77-,78-,82+,86-,87-,88-,89+,90+/m0/s1. The van der Waals surface area contributed by atoms with Crippen LogP contribution in [0.1, 0.15) is 165 Å². The van der Waals surface area contributed by atoms with Crippen molar-refractivity contribution in [2.45, 2.75) is 186 Å². The molecule has 34 nitrogen and oxygen atoms in total. The third-order valence-corrected chi connectivity index (χ3v) is 27.5. The highest BCUT2D eigenvalue weighted by Gasteiger charge is 2.46. The molecule has 0 bridgehead atoms. The zero-order valence-corrected chi connectivity index (χ0v) is 82.4. The molecule has 11 amide bonds. The monoisotopic (exact) mass is 1920 g/mol. The molecule has 1 unspecified atom stereocenters. The minimum atomic E-state index is -0.997. The van der Waals surface area contributed by atoms with Crippen molar-refractivity contribution in [3.05, 3.63) is 154 Å². The smallest absolute Gasteiger partial charge is 0.410 e. The normalized spacial score (nSPS) is 17.2. The number of pyridine rings is 1. The van der Waals surface area contributed by atoms with Gasteiger partial charge in [0.2, 0.25) is 23.6 Å². The summed E-state index contributed by atoms with van der Waals surface area (Å²) in [6.45, 7) is 23.0. The second-order valence-electron chi connectivity index (χ2n) is 35.9. The van der Waals surface area contributed by atoms with Gasteiger partial charge in [-0.1, -0.05) is 142 Å². The van der Waals surface area contributed by atoms with Crippen molar-refractivity contribution >= 4 is 112 Å². The van der Waals surface area contributed by atoms with Crippen LogP contribution in [0.5, 0.6) is 5.75 Å². The van der Waals surface area contributed by atoms with E-state index in [1.807, 2.05) is 71.9 Å². The summed E-state index contributed by atoms with van der Waals surface area (Å²) in [5.74, 6) is -7.45. The lowest BCUT2D eigenvalue weighted by Crippen LogP contribution is -2.54. The maximum Gasteiger partial charge on any atom is 0.410 e. The van der Waals surface area contributed by atoms with Gasteiger partial charge < -0.3 is 93.9 Å². The molecule has 0 radical (unpaired) electrons. The molecule has 0 saturated carbocycles. The van der Waals surface area contributed by atoms with Gasteiger partial charge in [0.15, 0.2) is 11.6 Å². The molecule has 136 heavy (non-hydrogen) atoms. The summed E-state index contributed by atoms with van der Waals surface area (Å²) in [7, 11) is 6.22. The molecule has 6 N–H and O–H groups in total. The number of methoxy groups -OCH3 is 2. The number of nitrogens with two attached hydrogens (primary N) is 1. The van der Waals surface area contributed by atoms with Gasteiger partial charge in [-0.05, 0) is 139 Å². The number of likely N-dealkylation sites (tertiary alicyclic amines) is 1. The summed E-state index contributed by atoms with van der Waals surface area (Å²) in [6, 6.07) is 28.7. The van der Waals surface area contributed by atoms with Gasteiger partial charge in [0, 0.05) is 131 Å². The molecule has 3 fully saturated rings. The van der Waals surface area contributed by atoms with Crippen LogP contribution in [0.4, 0.5) is 21.1 Å². The van der Waals surface area contributed by atoms with E-state index in [1.165, 1.54) is 31.3 Å². The lowest BCUT2D eigenvalue weighted by atomic mass is 9.83. The number of amides is 11. The Labute approximate surface area is 806 Å². The number of thioether (sulfide) groups is 2.